The minimum absolute atomic E-state index is 0.101. The number of rotatable bonds is 2. The summed E-state index contributed by atoms with van der Waals surface area (Å²) >= 11 is 0. The number of aliphatic hydroxyl groups is 1. The smallest absolute Gasteiger partial charge is 0.271 e. The molecule has 2 heterocycles. The molecular formula is C17H19FN2O2. The number of hydrogen-bond donors (Lipinski definition) is 1. The van der Waals surface area contributed by atoms with Gasteiger partial charge in [0.25, 0.3) is 5.91 Å². The van der Waals surface area contributed by atoms with E-state index in [1.807, 2.05) is 26.2 Å². The van der Waals surface area contributed by atoms with E-state index in [1.165, 1.54) is 12.1 Å². The Balaban J connectivity index is 1.94. The molecule has 2 aromatic rings. The summed E-state index contributed by atoms with van der Waals surface area (Å²) in [4.78, 5) is 14.5. The second-order valence-electron chi connectivity index (χ2n) is 5.87. The molecule has 22 heavy (non-hydrogen) atoms. The van der Waals surface area contributed by atoms with Crippen LogP contribution in [-0.4, -0.2) is 33.1 Å². The number of likely N-dealkylation sites (tertiary alicyclic amines) is 1. The molecule has 3 rings (SSSR count). The highest BCUT2D eigenvalue weighted by Crippen LogP contribution is 2.33. The van der Waals surface area contributed by atoms with Crippen LogP contribution in [0, 0.1) is 12.7 Å². The summed E-state index contributed by atoms with van der Waals surface area (Å²) in [7, 11) is 1.83. The zero-order chi connectivity index (χ0) is 15.9. The molecule has 0 spiro atoms. The van der Waals surface area contributed by atoms with Crippen LogP contribution in [0.25, 0.3) is 0 Å². The highest BCUT2D eigenvalue weighted by Gasteiger charge is 2.36. The fourth-order valence-corrected chi connectivity index (χ4v) is 3.15. The lowest BCUT2D eigenvalue weighted by Crippen LogP contribution is -2.33. The zero-order valence-corrected chi connectivity index (χ0v) is 12.7. The molecule has 1 aromatic heterocycles. The number of hydrogen-bond acceptors (Lipinski definition) is 2. The monoisotopic (exact) mass is 302 g/mol. The van der Waals surface area contributed by atoms with Crippen LogP contribution in [0.2, 0.25) is 0 Å². The second kappa shape index (κ2) is 5.57. The number of carbonyl (C=O) groups is 1. The maximum absolute atomic E-state index is 13.1. The molecule has 1 aromatic carbocycles. The van der Waals surface area contributed by atoms with Crippen molar-refractivity contribution in [2.45, 2.75) is 25.5 Å². The van der Waals surface area contributed by atoms with Gasteiger partial charge in [0.15, 0.2) is 0 Å². The Morgan fingerprint density at radius 3 is 2.55 bits per heavy atom. The van der Waals surface area contributed by atoms with Crippen LogP contribution in [0.5, 0.6) is 0 Å². The topological polar surface area (TPSA) is 45.5 Å². The van der Waals surface area contributed by atoms with Crippen LogP contribution in [0.3, 0.4) is 0 Å². The molecule has 1 aliphatic rings. The lowest BCUT2D eigenvalue weighted by molar-refractivity contribution is 0.0705. The summed E-state index contributed by atoms with van der Waals surface area (Å²) in [6, 6.07) is 7.80. The maximum Gasteiger partial charge on any atom is 0.271 e. The molecule has 0 saturated carbocycles. The van der Waals surface area contributed by atoms with Gasteiger partial charge in [-0.3, -0.25) is 4.79 Å². The minimum Gasteiger partial charge on any atom is -0.391 e. The van der Waals surface area contributed by atoms with Gasteiger partial charge >= 0.3 is 0 Å². The number of aryl methyl sites for hydroxylation is 2. The third-order valence-electron chi connectivity index (χ3n) is 4.27. The lowest BCUT2D eigenvalue weighted by atomic mass is 10.0. The molecule has 0 radical (unpaired) electrons. The van der Waals surface area contributed by atoms with Gasteiger partial charge in [0, 0.05) is 19.8 Å². The first-order valence-corrected chi connectivity index (χ1v) is 7.34. The molecule has 0 aliphatic carbocycles. The maximum atomic E-state index is 13.1. The van der Waals surface area contributed by atoms with Crippen molar-refractivity contribution in [3.05, 3.63) is 59.2 Å². The number of aromatic nitrogens is 1. The summed E-state index contributed by atoms with van der Waals surface area (Å²) < 4.78 is 14.9. The van der Waals surface area contributed by atoms with Crippen molar-refractivity contribution < 1.29 is 14.3 Å². The number of benzene rings is 1. The summed E-state index contributed by atoms with van der Waals surface area (Å²) in [5.74, 6) is -0.408. The van der Waals surface area contributed by atoms with E-state index in [-0.39, 0.29) is 17.8 Å². The van der Waals surface area contributed by atoms with E-state index in [2.05, 4.69) is 0 Å². The number of β-amino-alcohol motifs (C(OH)–C–C–N with tert-alkyl or cyclic N) is 1. The Morgan fingerprint density at radius 1 is 1.27 bits per heavy atom. The molecule has 116 valence electrons. The fraction of sp³-hybridized carbons (Fsp3) is 0.353. The molecule has 0 bridgehead atoms. The molecule has 5 heteroatoms. The molecule has 1 N–H and O–H groups in total. The Kier molecular flexibility index (Phi) is 3.74. The Labute approximate surface area is 128 Å². The van der Waals surface area contributed by atoms with E-state index < -0.39 is 6.10 Å². The summed E-state index contributed by atoms with van der Waals surface area (Å²) in [5.41, 5.74) is 2.38. The predicted molar refractivity (Wildman–Crippen MR) is 81.0 cm³/mol. The van der Waals surface area contributed by atoms with Crippen molar-refractivity contribution in [1.29, 1.82) is 0 Å². The summed E-state index contributed by atoms with van der Waals surface area (Å²) in [6.45, 7) is 2.19. The van der Waals surface area contributed by atoms with Gasteiger partial charge < -0.3 is 14.6 Å². The minimum atomic E-state index is -0.556. The van der Waals surface area contributed by atoms with Gasteiger partial charge in [0.2, 0.25) is 0 Å². The molecule has 1 fully saturated rings. The highest BCUT2D eigenvalue weighted by molar-refractivity contribution is 5.94. The van der Waals surface area contributed by atoms with Crippen molar-refractivity contribution in [3.63, 3.8) is 0 Å². The highest BCUT2D eigenvalue weighted by atomic mass is 19.1. The number of halogens is 1. The van der Waals surface area contributed by atoms with Crippen LogP contribution in [0.1, 0.15) is 34.1 Å². The normalized spacial score (nSPS) is 21.4. The quantitative estimate of drug-likeness (QED) is 0.926. The largest absolute Gasteiger partial charge is 0.391 e. The average molecular weight is 302 g/mol. The first kappa shape index (κ1) is 14.8. The van der Waals surface area contributed by atoms with E-state index in [0.29, 0.717) is 18.7 Å². The van der Waals surface area contributed by atoms with Crippen molar-refractivity contribution in [3.8, 4) is 0 Å². The predicted octanol–water partition coefficient (Wildman–Crippen LogP) is 2.42. The van der Waals surface area contributed by atoms with Crippen molar-refractivity contribution in [2.75, 3.05) is 6.54 Å². The number of amides is 1. The van der Waals surface area contributed by atoms with Crippen LogP contribution < -0.4 is 0 Å². The van der Waals surface area contributed by atoms with Crippen LogP contribution in [-0.2, 0) is 7.05 Å². The van der Waals surface area contributed by atoms with E-state index in [9.17, 15) is 14.3 Å². The van der Waals surface area contributed by atoms with Gasteiger partial charge in [0.05, 0.1) is 12.1 Å². The third kappa shape index (κ3) is 2.52. The molecule has 1 amide bonds. The molecule has 1 saturated heterocycles. The van der Waals surface area contributed by atoms with E-state index >= 15 is 0 Å². The molecule has 1 aliphatic heterocycles. The van der Waals surface area contributed by atoms with Crippen LogP contribution in [0.15, 0.2) is 36.5 Å². The number of aliphatic hydroxyl groups excluding tert-OH is 1. The van der Waals surface area contributed by atoms with Crippen LogP contribution >= 0.6 is 0 Å². The Morgan fingerprint density at radius 2 is 1.95 bits per heavy atom. The lowest BCUT2D eigenvalue weighted by Gasteiger charge is -2.25. The fourth-order valence-electron chi connectivity index (χ4n) is 3.15. The van der Waals surface area contributed by atoms with E-state index in [1.54, 1.807) is 21.6 Å². The van der Waals surface area contributed by atoms with Gasteiger partial charge in [-0.05, 0) is 42.7 Å². The number of nitrogens with zero attached hydrogens (tertiary/aromatic N) is 2. The molecule has 2 unspecified atom stereocenters. The van der Waals surface area contributed by atoms with Gasteiger partial charge in [-0.25, -0.2) is 4.39 Å². The van der Waals surface area contributed by atoms with Crippen LogP contribution in [0.4, 0.5) is 4.39 Å². The van der Waals surface area contributed by atoms with Crippen molar-refractivity contribution in [1.82, 2.24) is 9.47 Å². The Bertz CT molecular complexity index is 674. The number of carbonyl (C=O) groups excluding carboxylic acids is 1. The average Bonchev–Trinajstić information content (AvgIpc) is 3.02. The van der Waals surface area contributed by atoms with Crippen molar-refractivity contribution >= 4 is 5.91 Å². The van der Waals surface area contributed by atoms with Gasteiger partial charge in [-0.2, -0.15) is 0 Å². The van der Waals surface area contributed by atoms with E-state index in [4.69, 9.17) is 0 Å². The molecular weight excluding hydrogens is 283 g/mol. The summed E-state index contributed by atoms with van der Waals surface area (Å²) in [6.07, 6.45) is 1.77. The zero-order valence-electron chi connectivity index (χ0n) is 12.7. The molecule has 2 atom stereocenters. The van der Waals surface area contributed by atoms with Gasteiger partial charge in [-0.1, -0.05) is 12.1 Å². The van der Waals surface area contributed by atoms with Gasteiger partial charge in [0.1, 0.15) is 11.5 Å². The first-order valence-electron chi connectivity index (χ1n) is 7.34. The Hall–Kier alpha value is -2.14. The third-order valence-corrected chi connectivity index (χ3v) is 4.27. The second-order valence-corrected chi connectivity index (χ2v) is 5.87. The summed E-state index contributed by atoms with van der Waals surface area (Å²) in [5, 5.41) is 10.00. The van der Waals surface area contributed by atoms with E-state index in [0.717, 1.165) is 11.1 Å². The first-order chi connectivity index (χ1) is 10.5. The standard InChI is InChI=1S/C17H19FN2O2/c1-11-7-8-19(2)16(11)17(22)20-10-14(21)9-15(20)12-3-5-13(18)6-4-12/h3-8,14-15,21H,9-10H2,1-2H3. The van der Waals surface area contributed by atoms with Crippen molar-refractivity contribution in [2.24, 2.45) is 7.05 Å². The molecule has 4 nitrogen and oxygen atoms in total. The van der Waals surface area contributed by atoms with Gasteiger partial charge in [-0.15, -0.1) is 0 Å². The SMILES string of the molecule is Cc1ccn(C)c1C(=O)N1CC(O)CC1c1ccc(F)cc1.